The van der Waals surface area contributed by atoms with Gasteiger partial charge in [-0.05, 0) is 24.3 Å². The summed E-state index contributed by atoms with van der Waals surface area (Å²) in [4.78, 5) is 0. The normalized spacial score (nSPS) is 10.7. The second kappa shape index (κ2) is 7.34. The van der Waals surface area contributed by atoms with Crippen LogP contribution in [0.1, 0.15) is 12.8 Å². The van der Waals surface area contributed by atoms with E-state index in [1.807, 2.05) is 48.6 Å². The van der Waals surface area contributed by atoms with Crippen molar-refractivity contribution in [3.05, 3.63) is 86.0 Å². The molecule has 0 saturated carbocycles. The monoisotopic (exact) mass is 278 g/mol. The zero-order valence-electron chi connectivity index (χ0n) is 12.3. The summed E-state index contributed by atoms with van der Waals surface area (Å²) < 4.78 is 0. The maximum atomic E-state index is 3.90. The van der Waals surface area contributed by atoms with Crippen LogP contribution < -0.4 is 10.6 Å². The highest BCUT2D eigenvalue weighted by molar-refractivity contribution is 5.52. The van der Waals surface area contributed by atoms with E-state index in [1.54, 1.807) is 0 Å². The molecule has 0 aliphatic rings. The molecule has 0 heterocycles. The lowest BCUT2D eigenvalue weighted by molar-refractivity contribution is 0.544. The molecule has 21 heavy (non-hydrogen) atoms. The van der Waals surface area contributed by atoms with Crippen LogP contribution in [-0.4, -0.2) is 5.66 Å². The molecule has 0 spiro atoms. The smallest absolute Gasteiger partial charge is 0.115 e. The number of benzene rings is 2. The Morgan fingerprint density at radius 2 is 1.10 bits per heavy atom. The van der Waals surface area contributed by atoms with Crippen LogP contribution in [0.15, 0.2) is 86.0 Å². The molecule has 108 valence electrons. The summed E-state index contributed by atoms with van der Waals surface area (Å²) in [5, 5.41) is 7.18. The van der Waals surface area contributed by atoms with E-state index in [1.165, 1.54) is 0 Å². The molecule has 2 aromatic rings. The molecule has 2 rings (SSSR count). The van der Waals surface area contributed by atoms with Gasteiger partial charge in [0.1, 0.15) is 5.66 Å². The third-order valence-corrected chi connectivity index (χ3v) is 3.30. The average Bonchev–Trinajstić information content (AvgIpc) is 2.50. The van der Waals surface area contributed by atoms with Crippen molar-refractivity contribution in [2.45, 2.75) is 18.5 Å². The summed E-state index contributed by atoms with van der Waals surface area (Å²) >= 11 is 0. The van der Waals surface area contributed by atoms with Crippen molar-refractivity contribution in [2.75, 3.05) is 10.6 Å². The van der Waals surface area contributed by atoms with Crippen LogP contribution in [0.25, 0.3) is 0 Å². The lowest BCUT2D eigenvalue weighted by Gasteiger charge is -2.36. The Morgan fingerprint density at radius 1 is 0.714 bits per heavy atom. The van der Waals surface area contributed by atoms with Crippen molar-refractivity contribution < 1.29 is 0 Å². The SMILES string of the molecule is C=CCC(CC=C)(Nc1ccccc1)Nc1ccccc1. The summed E-state index contributed by atoms with van der Waals surface area (Å²) in [6.07, 6.45) is 5.41. The largest absolute Gasteiger partial charge is 0.362 e. The van der Waals surface area contributed by atoms with Gasteiger partial charge in [-0.3, -0.25) is 0 Å². The number of nitrogens with one attached hydrogen (secondary N) is 2. The molecule has 2 heteroatoms. The fourth-order valence-electron chi connectivity index (χ4n) is 2.41. The van der Waals surface area contributed by atoms with E-state index < -0.39 is 0 Å². The van der Waals surface area contributed by atoms with Gasteiger partial charge < -0.3 is 10.6 Å². The third-order valence-electron chi connectivity index (χ3n) is 3.30. The molecule has 2 N–H and O–H groups in total. The maximum Gasteiger partial charge on any atom is 0.115 e. The van der Waals surface area contributed by atoms with Gasteiger partial charge in [0.05, 0.1) is 0 Å². The molecular weight excluding hydrogens is 256 g/mol. The topological polar surface area (TPSA) is 24.1 Å². The molecular formula is C19H22N2. The van der Waals surface area contributed by atoms with Crippen molar-refractivity contribution in [1.82, 2.24) is 0 Å². The summed E-state index contributed by atoms with van der Waals surface area (Å²) in [6.45, 7) is 7.79. The van der Waals surface area contributed by atoms with E-state index in [-0.39, 0.29) is 5.66 Å². The quantitative estimate of drug-likeness (QED) is 0.521. The molecule has 0 unspecified atom stereocenters. The van der Waals surface area contributed by atoms with E-state index in [2.05, 4.69) is 48.1 Å². The maximum absolute atomic E-state index is 3.90. The predicted octanol–water partition coefficient (Wildman–Crippen LogP) is 5.06. The first-order valence-corrected chi connectivity index (χ1v) is 7.16. The summed E-state index contributed by atoms with van der Waals surface area (Å²) in [5.41, 5.74) is 1.82. The van der Waals surface area contributed by atoms with Crippen LogP contribution in [0.4, 0.5) is 11.4 Å². The highest BCUT2D eigenvalue weighted by Crippen LogP contribution is 2.25. The zero-order valence-corrected chi connectivity index (χ0v) is 12.3. The Bertz CT molecular complexity index is 507. The third kappa shape index (κ3) is 4.25. The van der Waals surface area contributed by atoms with E-state index in [4.69, 9.17) is 0 Å². The zero-order chi connectivity index (χ0) is 15.0. The van der Waals surface area contributed by atoms with E-state index >= 15 is 0 Å². The molecule has 0 radical (unpaired) electrons. The Labute approximate surface area is 127 Å². The number of hydrogen-bond acceptors (Lipinski definition) is 2. The second-order valence-electron chi connectivity index (χ2n) is 5.05. The molecule has 0 bridgehead atoms. The van der Waals surface area contributed by atoms with Gasteiger partial charge >= 0.3 is 0 Å². The van der Waals surface area contributed by atoms with Crippen molar-refractivity contribution >= 4 is 11.4 Å². The summed E-state index contributed by atoms with van der Waals surface area (Å²) in [5.74, 6) is 0. The standard InChI is InChI=1S/C19H22N2/c1-3-15-19(16-4-2,20-17-11-7-5-8-12-17)21-18-13-9-6-10-14-18/h3-14,20-21H,1-2,15-16H2. The number of para-hydroxylation sites is 2. The van der Waals surface area contributed by atoms with Crippen molar-refractivity contribution in [3.8, 4) is 0 Å². The second-order valence-corrected chi connectivity index (χ2v) is 5.05. The Balaban J connectivity index is 2.27. The molecule has 2 aromatic carbocycles. The molecule has 0 amide bonds. The molecule has 0 fully saturated rings. The van der Waals surface area contributed by atoms with Crippen molar-refractivity contribution in [3.63, 3.8) is 0 Å². The van der Waals surface area contributed by atoms with E-state index in [9.17, 15) is 0 Å². The van der Waals surface area contributed by atoms with Crippen LogP contribution in [-0.2, 0) is 0 Å². The van der Waals surface area contributed by atoms with Crippen LogP contribution in [0.2, 0.25) is 0 Å². The van der Waals surface area contributed by atoms with Crippen molar-refractivity contribution in [2.24, 2.45) is 0 Å². The van der Waals surface area contributed by atoms with Gasteiger partial charge in [-0.25, -0.2) is 0 Å². The minimum Gasteiger partial charge on any atom is -0.362 e. The Hall–Kier alpha value is -2.48. The first kappa shape index (κ1) is 14.9. The van der Waals surface area contributed by atoms with Crippen LogP contribution >= 0.6 is 0 Å². The first-order valence-electron chi connectivity index (χ1n) is 7.16. The highest BCUT2D eigenvalue weighted by Gasteiger charge is 2.26. The highest BCUT2D eigenvalue weighted by atomic mass is 15.2. The van der Waals surface area contributed by atoms with Gasteiger partial charge in [0, 0.05) is 24.2 Å². The van der Waals surface area contributed by atoms with Crippen LogP contribution in [0.3, 0.4) is 0 Å². The minimum absolute atomic E-state index is 0.327. The lowest BCUT2D eigenvalue weighted by Crippen LogP contribution is -2.45. The minimum atomic E-state index is -0.327. The molecule has 0 aromatic heterocycles. The van der Waals surface area contributed by atoms with E-state index in [0.717, 1.165) is 24.2 Å². The summed E-state index contributed by atoms with van der Waals surface area (Å²) in [6, 6.07) is 20.4. The predicted molar refractivity (Wildman–Crippen MR) is 92.5 cm³/mol. The molecule has 0 aliphatic heterocycles. The first-order chi connectivity index (χ1) is 10.3. The summed E-state index contributed by atoms with van der Waals surface area (Å²) in [7, 11) is 0. The lowest BCUT2D eigenvalue weighted by atomic mass is 10.00. The molecule has 0 atom stereocenters. The number of anilines is 2. The van der Waals surface area contributed by atoms with Crippen molar-refractivity contribution in [1.29, 1.82) is 0 Å². The Kier molecular flexibility index (Phi) is 5.22. The van der Waals surface area contributed by atoms with Crippen LogP contribution in [0, 0.1) is 0 Å². The number of hydrogen-bond donors (Lipinski definition) is 2. The Morgan fingerprint density at radius 3 is 1.43 bits per heavy atom. The van der Waals surface area contributed by atoms with Gasteiger partial charge in [-0.2, -0.15) is 0 Å². The number of rotatable bonds is 8. The van der Waals surface area contributed by atoms with Gasteiger partial charge in [-0.15, -0.1) is 13.2 Å². The molecule has 0 saturated heterocycles. The van der Waals surface area contributed by atoms with Gasteiger partial charge in [0.2, 0.25) is 0 Å². The van der Waals surface area contributed by atoms with Gasteiger partial charge in [0.25, 0.3) is 0 Å². The molecule has 2 nitrogen and oxygen atoms in total. The fourth-order valence-corrected chi connectivity index (χ4v) is 2.41. The average molecular weight is 278 g/mol. The van der Waals surface area contributed by atoms with Crippen LogP contribution in [0.5, 0.6) is 0 Å². The molecule has 0 aliphatic carbocycles. The van der Waals surface area contributed by atoms with Gasteiger partial charge in [0.15, 0.2) is 0 Å². The van der Waals surface area contributed by atoms with E-state index in [0.29, 0.717) is 0 Å². The van der Waals surface area contributed by atoms with Gasteiger partial charge in [-0.1, -0.05) is 48.6 Å². The fraction of sp³-hybridized carbons (Fsp3) is 0.158.